The molecule has 0 aliphatic carbocycles. The molecule has 3 heteroatoms. The van der Waals surface area contributed by atoms with Gasteiger partial charge >= 0.3 is 0 Å². The van der Waals surface area contributed by atoms with Crippen LogP contribution in [0.1, 0.15) is 38.7 Å². The van der Waals surface area contributed by atoms with Gasteiger partial charge in [-0.25, -0.2) is 0 Å². The second-order valence-corrected chi connectivity index (χ2v) is 6.02. The first-order valence-corrected chi connectivity index (χ1v) is 6.91. The summed E-state index contributed by atoms with van der Waals surface area (Å²) in [6.07, 6.45) is 3.33. The molecule has 1 aromatic carbocycles. The monoisotopic (exact) mass is 269 g/mol. The minimum Gasteiger partial charge on any atom is -0.493 e. The van der Waals surface area contributed by atoms with Gasteiger partial charge in [0.05, 0.1) is 6.61 Å². The molecule has 0 heterocycles. The van der Waals surface area contributed by atoms with Gasteiger partial charge in [-0.1, -0.05) is 31.5 Å². The third-order valence-electron chi connectivity index (χ3n) is 3.21. The Labute approximate surface area is 115 Å². The van der Waals surface area contributed by atoms with E-state index in [1.165, 1.54) is 0 Å². The zero-order valence-electron chi connectivity index (χ0n) is 11.6. The van der Waals surface area contributed by atoms with Crippen LogP contribution >= 0.6 is 11.6 Å². The number of benzene rings is 1. The number of rotatable bonds is 7. The van der Waals surface area contributed by atoms with Crippen LogP contribution in [0.4, 0.5) is 0 Å². The van der Waals surface area contributed by atoms with Crippen LogP contribution in [0.25, 0.3) is 0 Å². The van der Waals surface area contributed by atoms with Crippen molar-refractivity contribution in [3.63, 3.8) is 0 Å². The van der Waals surface area contributed by atoms with E-state index in [0.717, 1.165) is 48.7 Å². The standard InChI is InChI=1S/C15H24ClNO/c1-12-6-7-13(16)10-14(12)18-9-5-4-8-15(2,3)11-17/h6-7,10H,4-5,8-9,11,17H2,1-3H3. The minimum atomic E-state index is 0.242. The average molecular weight is 270 g/mol. The van der Waals surface area contributed by atoms with Gasteiger partial charge in [0.1, 0.15) is 5.75 Å². The minimum absolute atomic E-state index is 0.242. The van der Waals surface area contributed by atoms with E-state index in [9.17, 15) is 0 Å². The molecule has 0 aliphatic heterocycles. The predicted molar refractivity (Wildman–Crippen MR) is 78.4 cm³/mol. The van der Waals surface area contributed by atoms with Gasteiger partial charge in [0.25, 0.3) is 0 Å². The lowest BCUT2D eigenvalue weighted by Gasteiger charge is -2.21. The van der Waals surface area contributed by atoms with Crippen molar-refractivity contribution >= 4 is 11.6 Å². The number of hydrogen-bond acceptors (Lipinski definition) is 2. The fourth-order valence-electron chi connectivity index (χ4n) is 1.72. The largest absolute Gasteiger partial charge is 0.493 e. The van der Waals surface area contributed by atoms with Crippen LogP contribution in [0, 0.1) is 12.3 Å². The molecule has 2 N–H and O–H groups in total. The second-order valence-electron chi connectivity index (χ2n) is 5.58. The topological polar surface area (TPSA) is 35.2 Å². The van der Waals surface area contributed by atoms with Gasteiger partial charge in [-0.3, -0.25) is 0 Å². The Kier molecular flexibility index (Phi) is 5.97. The van der Waals surface area contributed by atoms with Crippen molar-refractivity contribution in [3.8, 4) is 5.75 Å². The summed E-state index contributed by atoms with van der Waals surface area (Å²) in [6.45, 7) is 7.91. The van der Waals surface area contributed by atoms with Crippen molar-refractivity contribution < 1.29 is 4.74 Å². The summed E-state index contributed by atoms with van der Waals surface area (Å²) >= 11 is 5.94. The fraction of sp³-hybridized carbons (Fsp3) is 0.600. The number of nitrogens with two attached hydrogens (primary N) is 1. The highest BCUT2D eigenvalue weighted by Gasteiger charge is 2.14. The lowest BCUT2D eigenvalue weighted by molar-refractivity contribution is 0.277. The number of unbranched alkanes of at least 4 members (excludes halogenated alkanes) is 1. The summed E-state index contributed by atoms with van der Waals surface area (Å²) in [5.74, 6) is 0.889. The van der Waals surface area contributed by atoms with E-state index in [1.54, 1.807) is 0 Å². The quantitative estimate of drug-likeness (QED) is 0.754. The van der Waals surface area contributed by atoms with Gasteiger partial charge in [-0.2, -0.15) is 0 Å². The van der Waals surface area contributed by atoms with Crippen LogP contribution in [-0.2, 0) is 0 Å². The second kappa shape index (κ2) is 7.01. The van der Waals surface area contributed by atoms with Crippen molar-refractivity contribution in [2.75, 3.05) is 13.2 Å². The molecule has 0 amide bonds. The molecule has 1 aromatic rings. The molecule has 0 unspecified atom stereocenters. The number of aryl methyl sites for hydroxylation is 1. The van der Waals surface area contributed by atoms with E-state index in [1.807, 2.05) is 25.1 Å². The summed E-state index contributed by atoms with van der Waals surface area (Å²) in [5, 5.41) is 0.722. The zero-order chi connectivity index (χ0) is 13.6. The van der Waals surface area contributed by atoms with Gasteiger partial charge in [-0.15, -0.1) is 0 Å². The van der Waals surface area contributed by atoms with Crippen LogP contribution in [0.2, 0.25) is 5.02 Å². The first kappa shape index (κ1) is 15.3. The Bertz CT molecular complexity index is 377. The predicted octanol–water partition coefficient (Wildman–Crippen LogP) is 4.18. The van der Waals surface area contributed by atoms with Crippen LogP contribution in [0.3, 0.4) is 0 Å². The summed E-state index contributed by atoms with van der Waals surface area (Å²) in [5.41, 5.74) is 7.07. The number of halogens is 1. The fourth-order valence-corrected chi connectivity index (χ4v) is 1.88. The van der Waals surface area contributed by atoms with Crippen molar-refractivity contribution in [2.24, 2.45) is 11.1 Å². The first-order valence-electron chi connectivity index (χ1n) is 6.54. The highest BCUT2D eigenvalue weighted by Crippen LogP contribution is 2.24. The summed E-state index contributed by atoms with van der Waals surface area (Å²) < 4.78 is 5.75. The summed E-state index contributed by atoms with van der Waals surface area (Å²) in [7, 11) is 0. The van der Waals surface area contributed by atoms with E-state index >= 15 is 0 Å². The van der Waals surface area contributed by atoms with Gasteiger partial charge in [0.15, 0.2) is 0 Å². The Hall–Kier alpha value is -0.730. The Morgan fingerprint density at radius 2 is 2.00 bits per heavy atom. The maximum atomic E-state index is 5.94. The molecule has 0 bridgehead atoms. The van der Waals surface area contributed by atoms with E-state index in [4.69, 9.17) is 22.1 Å². The average Bonchev–Trinajstić information content (AvgIpc) is 2.33. The summed E-state index contributed by atoms with van der Waals surface area (Å²) in [4.78, 5) is 0. The van der Waals surface area contributed by atoms with Gasteiger partial charge < -0.3 is 10.5 Å². The van der Waals surface area contributed by atoms with E-state index in [-0.39, 0.29) is 5.41 Å². The Balaban J connectivity index is 2.28. The molecular formula is C15H24ClNO. The number of hydrogen-bond donors (Lipinski definition) is 1. The maximum absolute atomic E-state index is 5.94. The Morgan fingerprint density at radius 1 is 1.28 bits per heavy atom. The number of ether oxygens (including phenoxy) is 1. The van der Waals surface area contributed by atoms with Crippen molar-refractivity contribution in [2.45, 2.75) is 40.0 Å². The van der Waals surface area contributed by atoms with Gasteiger partial charge in [0, 0.05) is 5.02 Å². The van der Waals surface area contributed by atoms with Crippen LogP contribution in [0.5, 0.6) is 5.75 Å². The van der Waals surface area contributed by atoms with Crippen LogP contribution < -0.4 is 10.5 Å². The van der Waals surface area contributed by atoms with Crippen molar-refractivity contribution in [3.05, 3.63) is 28.8 Å². The Morgan fingerprint density at radius 3 is 2.67 bits per heavy atom. The van der Waals surface area contributed by atoms with Crippen LogP contribution in [-0.4, -0.2) is 13.2 Å². The maximum Gasteiger partial charge on any atom is 0.123 e. The normalized spacial score (nSPS) is 11.6. The molecule has 0 spiro atoms. The van der Waals surface area contributed by atoms with Crippen LogP contribution in [0.15, 0.2) is 18.2 Å². The summed E-state index contributed by atoms with van der Waals surface area (Å²) in [6, 6.07) is 5.74. The highest BCUT2D eigenvalue weighted by molar-refractivity contribution is 6.30. The van der Waals surface area contributed by atoms with Gasteiger partial charge in [-0.05, 0) is 55.8 Å². The molecule has 0 atom stereocenters. The molecule has 0 aromatic heterocycles. The molecule has 0 radical (unpaired) electrons. The smallest absolute Gasteiger partial charge is 0.123 e. The molecule has 18 heavy (non-hydrogen) atoms. The van der Waals surface area contributed by atoms with Crippen molar-refractivity contribution in [1.82, 2.24) is 0 Å². The van der Waals surface area contributed by atoms with Gasteiger partial charge in [0.2, 0.25) is 0 Å². The molecule has 0 fully saturated rings. The molecule has 0 saturated heterocycles. The molecule has 1 rings (SSSR count). The molecule has 0 aliphatic rings. The lowest BCUT2D eigenvalue weighted by Crippen LogP contribution is -2.23. The van der Waals surface area contributed by atoms with E-state index < -0.39 is 0 Å². The highest BCUT2D eigenvalue weighted by atomic mass is 35.5. The lowest BCUT2D eigenvalue weighted by atomic mass is 9.87. The van der Waals surface area contributed by atoms with Crippen molar-refractivity contribution in [1.29, 1.82) is 0 Å². The third kappa shape index (κ3) is 5.28. The molecule has 0 saturated carbocycles. The SMILES string of the molecule is Cc1ccc(Cl)cc1OCCCCC(C)(C)CN. The molecule has 2 nitrogen and oxygen atoms in total. The zero-order valence-corrected chi connectivity index (χ0v) is 12.4. The molecule has 102 valence electrons. The van der Waals surface area contributed by atoms with E-state index in [2.05, 4.69) is 13.8 Å². The molecular weight excluding hydrogens is 246 g/mol. The van der Waals surface area contributed by atoms with E-state index in [0.29, 0.717) is 0 Å². The first-order chi connectivity index (χ1) is 8.44. The third-order valence-corrected chi connectivity index (χ3v) is 3.44.